The normalized spacial score (nSPS) is 11.8. The van der Waals surface area contributed by atoms with E-state index in [-0.39, 0.29) is 0 Å². The van der Waals surface area contributed by atoms with Crippen molar-refractivity contribution < 1.29 is 10.4 Å². The summed E-state index contributed by atoms with van der Waals surface area (Å²) in [6.45, 7) is 2.97. The number of hydrogen-bond acceptors (Lipinski definition) is 1. The molecule has 0 aliphatic carbocycles. The fourth-order valence-electron chi connectivity index (χ4n) is 4.07. The van der Waals surface area contributed by atoms with Gasteiger partial charge in [-0.2, -0.15) is 0 Å². The molecule has 0 radical (unpaired) electrons. The van der Waals surface area contributed by atoms with Gasteiger partial charge in [0.15, 0.2) is 0 Å². The van der Waals surface area contributed by atoms with Crippen LogP contribution in [0.3, 0.4) is 0 Å². The first kappa shape index (κ1) is 30.1. The van der Waals surface area contributed by atoms with Crippen molar-refractivity contribution in [2.75, 3.05) is 6.61 Å². The Morgan fingerprint density at radius 3 is 1.36 bits per heavy atom. The maximum atomic E-state index is 5.89. The van der Waals surface area contributed by atoms with Crippen LogP contribution < -0.4 is 20.7 Å². The molecule has 4 aromatic rings. The van der Waals surface area contributed by atoms with Gasteiger partial charge >= 0.3 is 62.1 Å². The van der Waals surface area contributed by atoms with Crippen molar-refractivity contribution in [1.29, 1.82) is 0 Å². The Balaban J connectivity index is 0.000000658. The first-order valence-corrected chi connectivity index (χ1v) is 24.5. The topological polar surface area (TPSA) is 9.23 Å². The zero-order valence-corrected chi connectivity index (χ0v) is 28.4. The quantitative estimate of drug-likeness (QED) is 0.0932. The number of benzene rings is 4. The van der Waals surface area contributed by atoms with Gasteiger partial charge in [0, 0.05) is 0 Å². The molecule has 0 atom stereocenters. The van der Waals surface area contributed by atoms with Crippen LogP contribution in [0, 0.1) is 0 Å². The molecule has 0 saturated heterocycles. The van der Waals surface area contributed by atoms with E-state index in [1.165, 1.54) is 21.5 Å². The van der Waals surface area contributed by atoms with Crippen molar-refractivity contribution in [2.45, 2.75) is 25.9 Å². The van der Waals surface area contributed by atoms with Gasteiger partial charge in [-0.15, -0.1) is 0 Å². The molecule has 0 bridgehead atoms. The molecule has 0 heterocycles. The molecular weight excluding hydrogens is 771 g/mol. The molecule has 193 valence electrons. The number of halogens is 4. The van der Waals surface area contributed by atoms with Crippen LogP contribution in [0.1, 0.15) is 25.3 Å². The van der Waals surface area contributed by atoms with Crippen LogP contribution >= 0.6 is 63.7 Å². The Bertz CT molecular complexity index is 1050. The zero-order valence-electron chi connectivity index (χ0n) is 20.0. The standard InChI is InChI=1S/C29H30OP.4BrH.Fe/c1-2-3-23-30-26-21-19-25(20-22-26)24-31(27-13-7-4-8-14-27,28-15-9-5-10-16-28)29-17-11-6-12-18-29;;;;;/h4-22H,2-3,23-24H2,1H3;4*1H;/q+1;;;;;+3/p-4. The molecular formula is C29H30Br4FeOP. The maximum absolute atomic E-state index is 5.89. The predicted octanol–water partition coefficient (Wildman–Crippen LogP) is 9.74. The van der Waals surface area contributed by atoms with Crippen LogP contribution in [0.5, 0.6) is 5.75 Å². The molecule has 0 aliphatic heterocycles. The van der Waals surface area contributed by atoms with Crippen LogP contribution in [0.2, 0.25) is 0 Å². The Hall–Kier alpha value is -0.451. The van der Waals surface area contributed by atoms with E-state index < -0.39 is 12.9 Å². The Kier molecular flexibility index (Phi) is 12.7. The number of ether oxygens (including phenoxy) is 1. The second kappa shape index (κ2) is 15.2. The van der Waals surface area contributed by atoms with Crippen molar-refractivity contribution in [3.8, 4) is 5.75 Å². The van der Waals surface area contributed by atoms with Gasteiger partial charge in [-0.05, 0) is 60.5 Å². The minimum absolute atomic E-state index is 0.783. The first-order valence-electron chi connectivity index (χ1n) is 11.6. The average Bonchev–Trinajstić information content (AvgIpc) is 2.89. The van der Waals surface area contributed by atoms with Crippen LogP contribution in [-0.4, -0.2) is 6.61 Å². The summed E-state index contributed by atoms with van der Waals surface area (Å²) < 4.78 is 5.89. The third-order valence-electron chi connectivity index (χ3n) is 5.70. The van der Waals surface area contributed by atoms with Gasteiger partial charge in [0.25, 0.3) is 0 Å². The van der Waals surface area contributed by atoms with Gasteiger partial charge in [0.05, 0.1) is 12.8 Å². The van der Waals surface area contributed by atoms with Crippen LogP contribution in [0.4, 0.5) is 0 Å². The van der Waals surface area contributed by atoms with Gasteiger partial charge in [-0.25, -0.2) is 0 Å². The van der Waals surface area contributed by atoms with E-state index >= 15 is 0 Å². The second-order valence-electron chi connectivity index (χ2n) is 8.12. The summed E-state index contributed by atoms with van der Waals surface area (Å²) >= 11 is 13.0. The summed E-state index contributed by atoms with van der Waals surface area (Å²) in [5.41, 5.74) is 0.0905. The van der Waals surface area contributed by atoms with Crippen LogP contribution in [0.15, 0.2) is 115 Å². The zero-order chi connectivity index (χ0) is 25.9. The predicted molar refractivity (Wildman–Crippen MR) is 171 cm³/mol. The summed E-state index contributed by atoms with van der Waals surface area (Å²) in [5, 5.41) is 4.24. The minimum atomic E-state index is -1.86. The molecule has 36 heavy (non-hydrogen) atoms. The first-order chi connectivity index (χ1) is 17.3. The number of rotatable bonds is 9. The molecule has 0 aliphatic rings. The van der Waals surface area contributed by atoms with E-state index in [0.717, 1.165) is 31.4 Å². The summed E-state index contributed by atoms with van der Waals surface area (Å²) in [6, 6.07) is 41.9. The summed E-state index contributed by atoms with van der Waals surface area (Å²) in [6.07, 6.45) is 3.23. The van der Waals surface area contributed by atoms with E-state index in [2.05, 4.69) is 179 Å². The molecule has 7 heteroatoms. The number of unbranched alkanes of at least 4 members (excludes halogenated alkanes) is 1. The van der Waals surface area contributed by atoms with E-state index in [1.807, 2.05) is 0 Å². The molecule has 0 N–H and O–H groups in total. The second-order valence-corrected chi connectivity index (χ2v) is 45.0. The van der Waals surface area contributed by atoms with Gasteiger partial charge in [-0.3, -0.25) is 0 Å². The molecule has 0 amide bonds. The summed E-state index contributed by atoms with van der Waals surface area (Å²) in [7, 11) is -1.86. The van der Waals surface area contributed by atoms with Gasteiger partial charge in [0.2, 0.25) is 0 Å². The van der Waals surface area contributed by atoms with E-state index in [9.17, 15) is 0 Å². The van der Waals surface area contributed by atoms with Gasteiger partial charge < -0.3 is 4.74 Å². The Morgan fingerprint density at radius 1 is 0.611 bits per heavy atom. The molecule has 0 aromatic heterocycles. The van der Waals surface area contributed by atoms with Crippen molar-refractivity contribution in [3.63, 3.8) is 0 Å². The fraction of sp³-hybridized carbons (Fsp3) is 0.172. The van der Waals surface area contributed by atoms with E-state index in [4.69, 9.17) is 4.74 Å². The Labute approximate surface area is 246 Å². The fourth-order valence-corrected chi connectivity index (χ4v) is 8.31. The van der Waals surface area contributed by atoms with Crippen LogP contribution in [-0.2, 0) is 11.8 Å². The molecule has 4 aromatic carbocycles. The van der Waals surface area contributed by atoms with E-state index in [0.29, 0.717) is 0 Å². The van der Waals surface area contributed by atoms with Gasteiger partial charge in [-0.1, -0.05) is 80.1 Å². The third kappa shape index (κ3) is 9.38. The van der Waals surface area contributed by atoms with Gasteiger partial charge in [0.1, 0.15) is 28.9 Å². The molecule has 1 nitrogen and oxygen atoms in total. The molecule has 0 saturated carbocycles. The summed E-state index contributed by atoms with van der Waals surface area (Å²) in [4.78, 5) is 0. The summed E-state index contributed by atoms with van der Waals surface area (Å²) in [5.74, 6) is 0.959. The average molecular weight is 801 g/mol. The molecule has 4 rings (SSSR count). The molecule has 0 fully saturated rings. The van der Waals surface area contributed by atoms with Crippen molar-refractivity contribution in [3.05, 3.63) is 121 Å². The number of hydrogen-bond donors (Lipinski definition) is 0. The Morgan fingerprint density at radius 2 is 1.00 bits per heavy atom. The van der Waals surface area contributed by atoms with Crippen molar-refractivity contribution >= 4 is 79.6 Å². The van der Waals surface area contributed by atoms with Crippen LogP contribution in [0.25, 0.3) is 0 Å². The molecule has 0 unspecified atom stereocenters. The molecule has 0 spiro atoms. The SMILES string of the molecule is CCCCOc1ccc(C[P+](c2ccccc2)(c2ccccc2)c2ccccc2)cc1.[Br][Fe-]([Br])([Br])[Br]. The monoisotopic (exact) mass is 797 g/mol. The van der Waals surface area contributed by atoms with E-state index in [1.54, 1.807) is 0 Å². The third-order valence-corrected chi connectivity index (χ3v) is 10.1. The van der Waals surface area contributed by atoms with Crippen molar-refractivity contribution in [2.24, 2.45) is 0 Å². The van der Waals surface area contributed by atoms with Crippen molar-refractivity contribution in [1.82, 2.24) is 0 Å².